The number of esters is 2. The molecule has 1 saturated heterocycles. The van der Waals surface area contributed by atoms with Gasteiger partial charge < -0.3 is 19.7 Å². The molecule has 0 aromatic carbocycles. The summed E-state index contributed by atoms with van der Waals surface area (Å²) in [7, 11) is 0. The monoisotopic (exact) mass is 348 g/mol. The van der Waals surface area contributed by atoms with Crippen LogP contribution in [0.2, 0.25) is 0 Å². The Morgan fingerprint density at radius 3 is 2.68 bits per heavy atom. The van der Waals surface area contributed by atoms with Crippen LogP contribution < -0.4 is 0 Å². The molecule has 0 radical (unpaired) electrons. The number of aliphatic hydroxyl groups is 2. The predicted molar refractivity (Wildman–Crippen MR) is 91.4 cm³/mol. The van der Waals surface area contributed by atoms with Crippen LogP contribution in [-0.4, -0.2) is 47.1 Å². The quantitative estimate of drug-likeness (QED) is 0.457. The first-order valence-electron chi connectivity index (χ1n) is 8.15. The van der Waals surface area contributed by atoms with Crippen LogP contribution in [0.15, 0.2) is 47.6 Å². The first-order chi connectivity index (χ1) is 11.7. The van der Waals surface area contributed by atoms with E-state index in [0.29, 0.717) is 12.0 Å². The van der Waals surface area contributed by atoms with Gasteiger partial charge in [0.2, 0.25) is 0 Å². The number of hydrogen-bond donors (Lipinski definition) is 2. The molecule has 2 N–H and O–H groups in total. The Kier molecular flexibility index (Phi) is 5.98. The molecular weight excluding hydrogens is 324 g/mol. The van der Waals surface area contributed by atoms with Gasteiger partial charge in [0.15, 0.2) is 0 Å². The van der Waals surface area contributed by atoms with Crippen LogP contribution in [0.3, 0.4) is 0 Å². The Bertz CT molecular complexity index is 657. The average molecular weight is 348 g/mol. The highest BCUT2D eigenvalue weighted by molar-refractivity contribution is 5.91. The SMILES string of the molecule is C=C(C)C(=O)O[C@@H]1C/C(CO)=C\[C@H](O)C/C(C)=C/[C@H]2OC(=O)C(=C)[C@@H]21. The van der Waals surface area contributed by atoms with Crippen molar-refractivity contribution in [1.82, 2.24) is 0 Å². The minimum atomic E-state index is -0.784. The maximum atomic E-state index is 12.0. The zero-order valence-electron chi connectivity index (χ0n) is 14.5. The molecule has 0 bridgehead atoms. The third-order valence-electron chi connectivity index (χ3n) is 4.34. The average Bonchev–Trinajstić information content (AvgIpc) is 2.79. The van der Waals surface area contributed by atoms with Crippen LogP contribution in [0.4, 0.5) is 0 Å². The molecule has 136 valence electrons. The molecule has 0 aromatic heterocycles. The number of fused-ring (bicyclic) bond motifs is 1. The van der Waals surface area contributed by atoms with E-state index >= 15 is 0 Å². The first kappa shape index (κ1) is 19.1. The Morgan fingerprint density at radius 1 is 1.40 bits per heavy atom. The fourth-order valence-electron chi connectivity index (χ4n) is 3.11. The Balaban J connectivity index is 2.45. The summed E-state index contributed by atoms with van der Waals surface area (Å²) in [6, 6.07) is 0. The van der Waals surface area contributed by atoms with Crippen LogP contribution >= 0.6 is 0 Å². The Morgan fingerprint density at radius 2 is 2.08 bits per heavy atom. The summed E-state index contributed by atoms with van der Waals surface area (Å²) in [4.78, 5) is 24.0. The van der Waals surface area contributed by atoms with Gasteiger partial charge in [-0.05, 0) is 31.9 Å². The fourth-order valence-corrected chi connectivity index (χ4v) is 3.11. The molecule has 6 nitrogen and oxygen atoms in total. The van der Waals surface area contributed by atoms with E-state index in [1.165, 1.54) is 6.92 Å². The standard InChI is InChI=1S/C19H24O6/c1-10(2)18(22)24-16-8-13(9-20)7-14(21)5-11(3)6-15-17(16)12(4)19(23)25-15/h6-7,14-17,20-21H,1,4-5,8-9H2,2-3H3/b11-6+,13-7+/t14-,15-,16-,17+/m1/s1. The Labute approximate surface area is 147 Å². The molecule has 0 saturated carbocycles. The highest BCUT2D eigenvalue weighted by atomic mass is 16.6. The van der Waals surface area contributed by atoms with Crippen molar-refractivity contribution in [3.05, 3.63) is 47.6 Å². The van der Waals surface area contributed by atoms with E-state index < -0.39 is 36.2 Å². The molecule has 25 heavy (non-hydrogen) atoms. The lowest BCUT2D eigenvalue weighted by Crippen LogP contribution is -2.34. The zero-order valence-corrected chi connectivity index (χ0v) is 14.5. The van der Waals surface area contributed by atoms with Crippen molar-refractivity contribution in [1.29, 1.82) is 0 Å². The lowest BCUT2D eigenvalue weighted by molar-refractivity contribution is -0.147. The highest BCUT2D eigenvalue weighted by Gasteiger charge is 2.44. The number of carbonyl (C=O) groups excluding carboxylic acids is 2. The van der Waals surface area contributed by atoms with Gasteiger partial charge in [-0.2, -0.15) is 0 Å². The molecule has 0 unspecified atom stereocenters. The van der Waals surface area contributed by atoms with Crippen molar-refractivity contribution >= 4 is 11.9 Å². The van der Waals surface area contributed by atoms with Crippen molar-refractivity contribution < 1.29 is 29.3 Å². The smallest absolute Gasteiger partial charge is 0.334 e. The van der Waals surface area contributed by atoms with E-state index in [4.69, 9.17) is 9.47 Å². The molecule has 0 amide bonds. The molecule has 1 fully saturated rings. The number of ether oxygens (including phenoxy) is 2. The molecule has 2 aliphatic rings. The normalized spacial score (nSPS) is 34.1. The molecule has 0 aromatic rings. The van der Waals surface area contributed by atoms with Crippen LogP contribution in [0.1, 0.15) is 26.7 Å². The van der Waals surface area contributed by atoms with Gasteiger partial charge in [-0.3, -0.25) is 0 Å². The summed E-state index contributed by atoms with van der Waals surface area (Å²) in [6.07, 6.45) is 1.65. The highest BCUT2D eigenvalue weighted by Crippen LogP contribution is 2.36. The summed E-state index contributed by atoms with van der Waals surface area (Å²) < 4.78 is 10.9. The molecule has 0 spiro atoms. The van der Waals surface area contributed by atoms with Crippen molar-refractivity contribution in [2.75, 3.05) is 6.61 Å². The maximum Gasteiger partial charge on any atom is 0.334 e. The molecule has 1 heterocycles. The van der Waals surface area contributed by atoms with Crippen molar-refractivity contribution in [2.45, 2.75) is 45.0 Å². The van der Waals surface area contributed by atoms with Gasteiger partial charge in [0.05, 0.1) is 18.6 Å². The molecule has 1 aliphatic carbocycles. The molecular formula is C19H24O6. The van der Waals surface area contributed by atoms with Gasteiger partial charge >= 0.3 is 11.9 Å². The van der Waals surface area contributed by atoms with E-state index in [1.807, 2.05) is 6.92 Å². The van der Waals surface area contributed by atoms with E-state index in [9.17, 15) is 19.8 Å². The molecule has 1 aliphatic heterocycles. The van der Waals surface area contributed by atoms with Crippen molar-refractivity contribution in [3.8, 4) is 0 Å². The Hall–Kier alpha value is -2.18. The number of rotatable bonds is 3. The number of hydrogen-bond acceptors (Lipinski definition) is 6. The van der Waals surface area contributed by atoms with Crippen LogP contribution in [0.5, 0.6) is 0 Å². The van der Waals surface area contributed by atoms with Gasteiger partial charge in [-0.15, -0.1) is 0 Å². The molecule has 2 rings (SSSR count). The van der Waals surface area contributed by atoms with Gasteiger partial charge in [0, 0.05) is 17.6 Å². The van der Waals surface area contributed by atoms with Crippen molar-refractivity contribution in [2.24, 2.45) is 5.92 Å². The van der Waals surface area contributed by atoms with Crippen LogP contribution in [0.25, 0.3) is 0 Å². The van der Waals surface area contributed by atoms with Gasteiger partial charge in [0.25, 0.3) is 0 Å². The second-order valence-electron chi connectivity index (χ2n) is 6.62. The first-order valence-corrected chi connectivity index (χ1v) is 8.15. The largest absolute Gasteiger partial charge is 0.458 e. The zero-order chi connectivity index (χ0) is 18.7. The molecule has 4 atom stereocenters. The van der Waals surface area contributed by atoms with Gasteiger partial charge in [0.1, 0.15) is 12.2 Å². The topological polar surface area (TPSA) is 93.1 Å². The lowest BCUT2D eigenvalue weighted by atomic mass is 9.85. The minimum absolute atomic E-state index is 0.163. The predicted octanol–water partition coefficient (Wildman–Crippen LogP) is 1.59. The van der Waals surface area contributed by atoms with Crippen LogP contribution in [-0.2, 0) is 19.1 Å². The molecule has 6 heteroatoms. The van der Waals surface area contributed by atoms with E-state index in [2.05, 4.69) is 13.2 Å². The second kappa shape index (κ2) is 7.80. The number of carbonyl (C=O) groups is 2. The number of aliphatic hydroxyl groups excluding tert-OH is 2. The van der Waals surface area contributed by atoms with E-state index in [1.54, 1.807) is 12.2 Å². The minimum Gasteiger partial charge on any atom is -0.458 e. The summed E-state index contributed by atoms with van der Waals surface area (Å²) in [5.41, 5.74) is 1.80. The maximum absolute atomic E-state index is 12.0. The summed E-state index contributed by atoms with van der Waals surface area (Å²) in [5.74, 6) is -1.69. The fraction of sp³-hybridized carbons (Fsp3) is 0.474. The van der Waals surface area contributed by atoms with Gasteiger partial charge in [-0.1, -0.05) is 24.8 Å². The third kappa shape index (κ3) is 4.46. The van der Waals surface area contributed by atoms with Crippen LogP contribution in [0, 0.1) is 5.92 Å². The van der Waals surface area contributed by atoms with E-state index in [0.717, 1.165) is 5.57 Å². The van der Waals surface area contributed by atoms with Gasteiger partial charge in [-0.25, -0.2) is 9.59 Å². The second-order valence-corrected chi connectivity index (χ2v) is 6.62. The van der Waals surface area contributed by atoms with E-state index in [-0.39, 0.29) is 24.2 Å². The third-order valence-corrected chi connectivity index (χ3v) is 4.34. The van der Waals surface area contributed by atoms with Crippen molar-refractivity contribution in [3.63, 3.8) is 0 Å². The lowest BCUT2D eigenvalue weighted by Gasteiger charge is -2.28. The summed E-state index contributed by atoms with van der Waals surface area (Å²) in [5, 5.41) is 19.7. The summed E-state index contributed by atoms with van der Waals surface area (Å²) in [6.45, 7) is 10.4. The summed E-state index contributed by atoms with van der Waals surface area (Å²) >= 11 is 0.